The molecule has 1 aliphatic rings. The van der Waals surface area contributed by atoms with Crippen LogP contribution in [0.15, 0.2) is 78.9 Å². The highest BCUT2D eigenvalue weighted by Gasteiger charge is 2.37. The molecule has 4 rings (SSSR count). The van der Waals surface area contributed by atoms with Gasteiger partial charge in [-0.15, -0.1) is 0 Å². The molecule has 1 aliphatic heterocycles. The Bertz CT molecular complexity index is 1080. The third-order valence-corrected chi connectivity index (χ3v) is 6.79. The maximum Gasteiger partial charge on any atom is 0.254 e. The highest BCUT2D eigenvalue weighted by atomic mass is 19.1. The Morgan fingerprint density at radius 3 is 2.33 bits per heavy atom. The van der Waals surface area contributed by atoms with Crippen molar-refractivity contribution in [3.63, 3.8) is 0 Å². The first-order chi connectivity index (χ1) is 15.9. The second-order valence-electron chi connectivity index (χ2n) is 9.43. The molecule has 0 unspecified atom stereocenters. The van der Waals surface area contributed by atoms with Crippen molar-refractivity contribution in [3.8, 4) is 0 Å². The number of amides is 1. The molecule has 4 heteroatoms. The molecule has 1 fully saturated rings. The van der Waals surface area contributed by atoms with Crippen molar-refractivity contribution >= 4 is 5.91 Å². The maximum absolute atomic E-state index is 14.4. The number of carbonyl (C=O) groups excluding carboxylic acids is 1. The van der Waals surface area contributed by atoms with Gasteiger partial charge in [0.2, 0.25) is 0 Å². The van der Waals surface area contributed by atoms with Crippen molar-refractivity contribution in [1.29, 1.82) is 0 Å². The maximum atomic E-state index is 14.4. The van der Waals surface area contributed by atoms with E-state index >= 15 is 0 Å². The minimum atomic E-state index is -0.156. The van der Waals surface area contributed by atoms with E-state index in [1.807, 2.05) is 47.4 Å². The molecule has 0 bridgehead atoms. The standard InChI is InChI=1S/C29H33FN2O/c1-21(2)32(29(33)23-12-5-4-6-13-23)19-25-18-31(17-24-14-8-10-16-28(24)30)20-27(25)26-15-9-7-11-22(26)3/h4-16,21,25,27H,17-20H2,1-3H3/t25-,27-/m0/s1. The van der Waals surface area contributed by atoms with E-state index in [0.29, 0.717) is 19.0 Å². The molecule has 1 amide bonds. The largest absolute Gasteiger partial charge is 0.336 e. The minimum Gasteiger partial charge on any atom is -0.336 e. The molecule has 2 atom stereocenters. The first kappa shape index (κ1) is 23.2. The number of nitrogens with zero attached hydrogens (tertiary/aromatic N) is 2. The van der Waals surface area contributed by atoms with E-state index in [4.69, 9.17) is 0 Å². The topological polar surface area (TPSA) is 23.6 Å². The van der Waals surface area contributed by atoms with Crippen molar-refractivity contribution < 1.29 is 9.18 Å². The summed E-state index contributed by atoms with van der Waals surface area (Å²) in [6.07, 6.45) is 0. The average molecular weight is 445 g/mol. The Hall–Kier alpha value is -2.98. The lowest BCUT2D eigenvalue weighted by molar-refractivity contribution is 0.0668. The van der Waals surface area contributed by atoms with Gasteiger partial charge in [-0.05, 0) is 56.0 Å². The van der Waals surface area contributed by atoms with Crippen LogP contribution in [0.5, 0.6) is 0 Å². The fourth-order valence-corrected chi connectivity index (χ4v) is 5.02. The quantitative estimate of drug-likeness (QED) is 0.453. The van der Waals surface area contributed by atoms with E-state index in [1.165, 1.54) is 17.2 Å². The fraction of sp³-hybridized carbons (Fsp3) is 0.345. The van der Waals surface area contributed by atoms with E-state index in [1.54, 1.807) is 6.07 Å². The van der Waals surface area contributed by atoms with Crippen LogP contribution in [0.1, 0.15) is 46.8 Å². The molecular weight excluding hydrogens is 411 g/mol. The smallest absolute Gasteiger partial charge is 0.254 e. The first-order valence-corrected chi connectivity index (χ1v) is 11.8. The van der Waals surface area contributed by atoms with E-state index in [9.17, 15) is 9.18 Å². The number of aryl methyl sites for hydroxylation is 1. The number of rotatable bonds is 7. The lowest BCUT2D eigenvalue weighted by Crippen LogP contribution is -2.42. The number of benzene rings is 3. The first-order valence-electron chi connectivity index (χ1n) is 11.8. The van der Waals surface area contributed by atoms with Crippen LogP contribution < -0.4 is 0 Å². The zero-order chi connectivity index (χ0) is 23.4. The van der Waals surface area contributed by atoms with Gasteiger partial charge in [0.1, 0.15) is 5.82 Å². The molecule has 0 aliphatic carbocycles. The normalized spacial score (nSPS) is 18.6. The monoisotopic (exact) mass is 444 g/mol. The summed E-state index contributed by atoms with van der Waals surface area (Å²) in [5.41, 5.74) is 4.04. The van der Waals surface area contributed by atoms with Gasteiger partial charge in [0.15, 0.2) is 0 Å². The summed E-state index contributed by atoms with van der Waals surface area (Å²) in [5, 5.41) is 0. The number of hydrogen-bond acceptors (Lipinski definition) is 2. The number of likely N-dealkylation sites (tertiary alicyclic amines) is 1. The Labute approximate surface area is 196 Å². The molecule has 3 aromatic carbocycles. The summed E-state index contributed by atoms with van der Waals surface area (Å²) < 4.78 is 14.4. The van der Waals surface area contributed by atoms with Crippen molar-refractivity contribution in [1.82, 2.24) is 9.80 Å². The van der Waals surface area contributed by atoms with Crippen LogP contribution >= 0.6 is 0 Å². The highest BCUT2D eigenvalue weighted by Crippen LogP contribution is 2.36. The summed E-state index contributed by atoms with van der Waals surface area (Å²) >= 11 is 0. The predicted molar refractivity (Wildman–Crippen MR) is 132 cm³/mol. The van der Waals surface area contributed by atoms with Gasteiger partial charge in [-0.2, -0.15) is 0 Å². The second-order valence-corrected chi connectivity index (χ2v) is 9.43. The van der Waals surface area contributed by atoms with E-state index in [2.05, 4.69) is 49.9 Å². The van der Waals surface area contributed by atoms with Crippen molar-refractivity contribution in [3.05, 3.63) is 107 Å². The molecule has 1 saturated heterocycles. The molecule has 3 aromatic rings. The molecule has 0 aromatic heterocycles. The molecule has 0 radical (unpaired) electrons. The van der Waals surface area contributed by atoms with Crippen LogP contribution in [0, 0.1) is 18.7 Å². The van der Waals surface area contributed by atoms with Crippen LogP contribution in [0.3, 0.4) is 0 Å². The van der Waals surface area contributed by atoms with Gasteiger partial charge < -0.3 is 4.90 Å². The van der Waals surface area contributed by atoms with Gasteiger partial charge in [0.05, 0.1) is 0 Å². The number of carbonyl (C=O) groups is 1. The van der Waals surface area contributed by atoms with Gasteiger partial charge in [-0.25, -0.2) is 4.39 Å². The molecule has 0 N–H and O–H groups in total. The van der Waals surface area contributed by atoms with Crippen molar-refractivity contribution in [2.75, 3.05) is 19.6 Å². The molecule has 172 valence electrons. The van der Waals surface area contributed by atoms with E-state index in [0.717, 1.165) is 24.2 Å². The van der Waals surface area contributed by atoms with Gasteiger partial charge in [-0.3, -0.25) is 9.69 Å². The van der Waals surface area contributed by atoms with Crippen LogP contribution in [0.25, 0.3) is 0 Å². The van der Waals surface area contributed by atoms with Crippen LogP contribution in [-0.4, -0.2) is 41.4 Å². The van der Waals surface area contributed by atoms with Gasteiger partial charge in [-0.1, -0.05) is 60.7 Å². The summed E-state index contributed by atoms with van der Waals surface area (Å²) in [6, 6.07) is 25.2. The van der Waals surface area contributed by atoms with Crippen molar-refractivity contribution in [2.45, 2.75) is 39.3 Å². The Balaban J connectivity index is 1.60. The lowest BCUT2D eigenvalue weighted by Gasteiger charge is -2.32. The van der Waals surface area contributed by atoms with Gasteiger partial charge in [0.25, 0.3) is 5.91 Å². The summed E-state index contributed by atoms with van der Waals surface area (Å²) in [6.45, 7) is 9.26. The molecule has 1 heterocycles. The SMILES string of the molecule is Cc1ccccc1[C@H]1CN(Cc2ccccc2F)C[C@H]1CN(C(=O)c1ccccc1)C(C)C. The average Bonchev–Trinajstić information content (AvgIpc) is 3.21. The molecule has 3 nitrogen and oxygen atoms in total. The fourth-order valence-electron chi connectivity index (χ4n) is 5.02. The zero-order valence-corrected chi connectivity index (χ0v) is 19.7. The highest BCUT2D eigenvalue weighted by molar-refractivity contribution is 5.94. The van der Waals surface area contributed by atoms with Crippen LogP contribution in [-0.2, 0) is 6.54 Å². The lowest BCUT2D eigenvalue weighted by atomic mass is 9.86. The summed E-state index contributed by atoms with van der Waals surface area (Å²) in [4.78, 5) is 17.7. The number of halogens is 1. The number of hydrogen-bond donors (Lipinski definition) is 0. The molecule has 33 heavy (non-hydrogen) atoms. The van der Waals surface area contributed by atoms with Gasteiger partial charge in [0, 0.05) is 49.3 Å². The summed E-state index contributed by atoms with van der Waals surface area (Å²) in [5.74, 6) is 0.480. The Morgan fingerprint density at radius 1 is 0.970 bits per heavy atom. The minimum absolute atomic E-state index is 0.0710. The second kappa shape index (κ2) is 10.3. The van der Waals surface area contributed by atoms with Gasteiger partial charge >= 0.3 is 0 Å². The zero-order valence-electron chi connectivity index (χ0n) is 19.7. The van der Waals surface area contributed by atoms with E-state index in [-0.39, 0.29) is 23.7 Å². The molecular formula is C29H33FN2O. The van der Waals surface area contributed by atoms with Crippen LogP contribution in [0.2, 0.25) is 0 Å². The van der Waals surface area contributed by atoms with Crippen LogP contribution in [0.4, 0.5) is 4.39 Å². The third-order valence-electron chi connectivity index (χ3n) is 6.79. The third kappa shape index (κ3) is 5.33. The Kier molecular flexibility index (Phi) is 7.24. The predicted octanol–water partition coefficient (Wildman–Crippen LogP) is 5.90. The Morgan fingerprint density at radius 2 is 1.64 bits per heavy atom. The van der Waals surface area contributed by atoms with Crippen molar-refractivity contribution in [2.24, 2.45) is 5.92 Å². The molecule has 0 saturated carbocycles. The summed E-state index contributed by atoms with van der Waals surface area (Å²) in [7, 11) is 0. The molecule has 0 spiro atoms. The van der Waals surface area contributed by atoms with E-state index < -0.39 is 0 Å².